The standard InChI is InChI=1S/C32H30O11/c1-30(2,35)25(33)15-38-29-18-7-10-32(41-24(18)14-22-20(29)9-12-37-22)42-26(31(3,4)43-32)16-39-28-17-5-6-27(34)40-23(17)13-21-19(28)8-11-36-21/h5-14,25-26,33,35H,15-16H2,1-4H3/t25-,26+,32+/m1/s1. The Balaban J connectivity index is 1.17. The highest BCUT2D eigenvalue weighted by molar-refractivity contribution is 6.01. The monoisotopic (exact) mass is 590 g/mol. The van der Waals surface area contributed by atoms with Crippen molar-refractivity contribution < 1.29 is 47.1 Å². The first-order chi connectivity index (χ1) is 20.4. The summed E-state index contributed by atoms with van der Waals surface area (Å²) in [7, 11) is 0. The van der Waals surface area contributed by atoms with Crippen molar-refractivity contribution in [2.75, 3.05) is 13.2 Å². The van der Waals surface area contributed by atoms with E-state index in [1.807, 2.05) is 13.8 Å². The van der Waals surface area contributed by atoms with E-state index in [0.717, 1.165) is 5.39 Å². The van der Waals surface area contributed by atoms with E-state index in [4.69, 9.17) is 36.9 Å². The molecule has 0 unspecified atom stereocenters. The van der Waals surface area contributed by atoms with Crippen LogP contribution >= 0.6 is 0 Å². The van der Waals surface area contributed by atoms with Crippen LogP contribution in [0.25, 0.3) is 39.0 Å². The molecular formula is C32H30O11. The second-order valence-corrected chi connectivity index (χ2v) is 11.8. The Morgan fingerprint density at radius 1 is 0.953 bits per heavy atom. The van der Waals surface area contributed by atoms with Gasteiger partial charge in [-0.25, -0.2) is 4.79 Å². The Morgan fingerprint density at radius 2 is 1.65 bits per heavy atom. The Hall–Kier alpha value is -4.29. The molecule has 0 radical (unpaired) electrons. The molecule has 0 aliphatic carbocycles. The highest BCUT2D eigenvalue weighted by atomic mass is 16.9. The first-order valence-electron chi connectivity index (χ1n) is 13.8. The van der Waals surface area contributed by atoms with Gasteiger partial charge in [-0.1, -0.05) is 0 Å². The molecule has 2 aliphatic heterocycles. The number of benzene rings is 2. The molecule has 43 heavy (non-hydrogen) atoms. The second kappa shape index (κ2) is 9.61. The molecule has 2 N–H and O–H groups in total. The zero-order valence-corrected chi connectivity index (χ0v) is 23.9. The largest absolute Gasteiger partial charge is 0.489 e. The van der Waals surface area contributed by atoms with Gasteiger partial charge in [-0.2, -0.15) is 0 Å². The summed E-state index contributed by atoms with van der Waals surface area (Å²) < 4.78 is 47.9. The fourth-order valence-corrected chi connectivity index (χ4v) is 5.28. The highest BCUT2D eigenvalue weighted by Crippen LogP contribution is 2.48. The Labute approximate surface area is 244 Å². The van der Waals surface area contributed by atoms with Gasteiger partial charge < -0.3 is 47.1 Å². The summed E-state index contributed by atoms with van der Waals surface area (Å²) in [5.74, 6) is -0.254. The summed E-state index contributed by atoms with van der Waals surface area (Å²) in [6.07, 6.45) is 4.79. The Kier molecular flexibility index (Phi) is 6.16. The van der Waals surface area contributed by atoms with Gasteiger partial charge in [0.1, 0.15) is 59.4 Å². The molecule has 224 valence electrons. The molecule has 1 spiro atoms. The number of aliphatic hydroxyl groups is 2. The lowest BCUT2D eigenvalue weighted by atomic mass is 10.0. The molecule has 1 saturated heterocycles. The van der Waals surface area contributed by atoms with Gasteiger partial charge in [0.25, 0.3) is 0 Å². The molecular weight excluding hydrogens is 560 g/mol. The summed E-state index contributed by atoms with van der Waals surface area (Å²) >= 11 is 0. The average molecular weight is 591 g/mol. The van der Waals surface area contributed by atoms with Crippen molar-refractivity contribution in [3.8, 4) is 17.2 Å². The number of ether oxygens (including phenoxy) is 5. The van der Waals surface area contributed by atoms with Crippen LogP contribution < -0.4 is 19.8 Å². The molecule has 0 amide bonds. The van der Waals surface area contributed by atoms with Gasteiger partial charge >= 0.3 is 11.6 Å². The van der Waals surface area contributed by atoms with E-state index in [0.29, 0.717) is 50.3 Å². The molecule has 2 aliphatic rings. The fourth-order valence-electron chi connectivity index (χ4n) is 5.28. The summed E-state index contributed by atoms with van der Waals surface area (Å²) in [6.45, 7) is 6.70. The van der Waals surface area contributed by atoms with Crippen LogP contribution in [0.15, 0.2) is 73.0 Å². The number of hydrogen-bond donors (Lipinski definition) is 2. The lowest BCUT2D eigenvalue weighted by Gasteiger charge is -2.31. The number of furan rings is 2. The third-order valence-electron chi connectivity index (χ3n) is 7.79. The minimum atomic E-state index is -1.56. The molecule has 11 nitrogen and oxygen atoms in total. The maximum atomic E-state index is 11.8. The SMILES string of the molecule is CC(C)(O)[C@H](O)COc1c2c(cc3occc13)O[C@@]1(C=C2)O[C@@H](COc2c3ccoc3cc3oc(=O)ccc23)C(C)(C)O1. The van der Waals surface area contributed by atoms with Crippen LogP contribution in [0.3, 0.4) is 0 Å². The van der Waals surface area contributed by atoms with Crippen LogP contribution in [-0.2, 0) is 9.47 Å². The Morgan fingerprint density at radius 3 is 2.40 bits per heavy atom. The zero-order valence-electron chi connectivity index (χ0n) is 23.9. The van der Waals surface area contributed by atoms with Crippen molar-refractivity contribution >= 4 is 39.0 Å². The predicted molar refractivity (Wildman–Crippen MR) is 154 cm³/mol. The van der Waals surface area contributed by atoms with Crippen molar-refractivity contribution in [2.45, 2.75) is 57.1 Å². The molecule has 3 atom stereocenters. The maximum Gasteiger partial charge on any atom is 0.350 e. The van der Waals surface area contributed by atoms with Crippen LogP contribution in [-0.4, -0.2) is 52.8 Å². The van der Waals surface area contributed by atoms with Crippen molar-refractivity contribution in [2.24, 2.45) is 0 Å². The highest BCUT2D eigenvalue weighted by Gasteiger charge is 2.55. The normalized spacial score (nSPS) is 21.9. The van der Waals surface area contributed by atoms with E-state index in [2.05, 4.69) is 0 Å². The first-order valence-corrected chi connectivity index (χ1v) is 13.8. The number of hydrogen-bond acceptors (Lipinski definition) is 11. The molecule has 5 heterocycles. The summed E-state index contributed by atoms with van der Waals surface area (Å²) in [6, 6.07) is 9.91. The Bertz CT molecular complexity index is 1940. The topological polar surface area (TPSA) is 143 Å². The van der Waals surface area contributed by atoms with Crippen molar-refractivity contribution in [3.05, 3.63) is 71.0 Å². The van der Waals surface area contributed by atoms with Crippen LogP contribution in [0.4, 0.5) is 0 Å². The van der Waals surface area contributed by atoms with Crippen molar-refractivity contribution in [3.63, 3.8) is 0 Å². The van der Waals surface area contributed by atoms with E-state index in [1.54, 1.807) is 48.7 Å². The molecule has 1 fully saturated rings. The van der Waals surface area contributed by atoms with Crippen LogP contribution in [0.1, 0.15) is 33.3 Å². The van der Waals surface area contributed by atoms with Crippen LogP contribution in [0.2, 0.25) is 0 Å². The number of aliphatic hydroxyl groups excluding tert-OH is 1. The summed E-state index contributed by atoms with van der Waals surface area (Å²) in [5.41, 5.74) is -0.708. The predicted octanol–water partition coefficient (Wildman–Crippen LogP) is 5.13. The molecule has 5 aromatic rings. The maximum absolute atomic E-state index is 11.8. The quantitative estimate of drug-likeness (QED) is 0.244. The summed E-state index contributed by atoms with van der Waals surface area (Å²) in [5, 5.41) is 22.5. The average Bonchev–Trinajstić information content (AvgIpc) is 3.65. The van der Waals surface area contributed by atoms with Crippen molar-refractivity contribution in [1.82, 2.24) is 0 Å². The van der Waals surface area contributed by atoms with Gasteiger partial charge in [0, 0.05) is 24.3 Å². The smallest absolute Gasteiger partial charge is 0.350 e. The summed E-state index contributed by atoms with van der Waals surface area (Å²) in [4.78, 5) is 11.8. The van der Waals surface area contributed by atoms with Crippen LogP contribution in [0.5, 0.6) is 17.2 Å². The lowest BCUT2D eigenvalue weighted by Crippen LogP contribution is -2.40. The molecule has 0 saturated carbocycles. The molecule has 7 rings (SSSR count). The molecule has 0 bridgehead atoms. The van der Waals surface area contributed by atoms with E-state index in [1.165, 1.54) is 26.2 Å². The third kappa shape index (κ3) is 4.74. The van der Waals surface area contributed by atoms with Gasteiger partial charge in [0.15, 0.2) is 0 Å². The van der Waals surface area contributed by atoms with E-state index < -0.39 is 35.0 Å². The molecule has 11 heteroatoms. The van der Waals surface area contributed by atoms with Crippen molar-refractivity contribution in [1.29, 1.82) is 0 Å². The first kappa shape index (κ1) is 27.5. The minimum absolute atomic E-state index is 0.0811. The zero-order chi connectivity index (χ0) is 30.1. The van der Waals surface area contributed by atoms with E-state index in [-0.39, 0.29) is 13.2 Å². The van der Waals surface area contributed by atoms with Gasteiger partial charge in [-0.05, 0) is 52.0 Å². The number of fused-ring (bicyclic) bond motifs is 4. The van der Waals surface area contributed by atoms with Gasteiger partial charge in [0.2, 0.25) is 0 Å². The van der Waals surface area contributed by atoms with Gasteiger partial charge in [-0.15, -0.1) is 0 Å². The van der Waals surface area contributed by atoms with E-state index in [9.17, 15) is 15.0 Å². The van der Waals surface area contributed by atoms with Gasteiger partial charge in [0.05, 0.1) is 45.5 Å². The van der Waals surface area contributed by atoms with Gasteiger partial charge in [-0.3, -0.25) is 0 Å². The molecule has 3 aromatic heterocycles. The number of rotatable bonds is 7. The minimum Gasteiger partial charge on any atom is -0.489 e. The molecule has 2 aromatic carbocycles. The fraction of sp³-hybridized carbons (Fsp3) is 0.344. The lowest BCUT2D eigenvalue weighted by molar-refractivity contribution is -0.271. The van der Waals surface area contributed by atoms with E-state index >= 15 is 0 Å². The third-order valence-corrected chi connectivity index (χ3v) is 7.79. The second-order valence-electron chi connectivity index (χ2n) is 11.8. The van der Waals surface area contributed by atoms with Crippen LogP contribution in [0, 0.1) is 0 Å².